The highest BCUT2D eigenvalue weighted by molar-refractivity contribution is 7.88. The lowest BCUT2D eigenvalue weighted by molar-refractivity contribution is -0.115. The van der Waals surface area contributed by atoms with Gasteiger partial charge >= 0.3 is 0 Å². The highest BCUT2D eigenvalue weighted by Gasteiger charge is 2.09. The van der Waals surface area contributed by atoms with Crippen molar-refractivity contribution in [2.75, 3.05) is 5.32 Å². The van der Waals surface area contributed by atoms with E-state index in [0.29, 0.717) is 11.3 Å². The predicted octanol–water partition coefficient (Wildman–Crippen LogP) is 1.04. The molecule has 0 bridgehead atoms. The number of benzene rings is 1. The number of halogens is 1. The lowest BCUT2D eigenvalue weighted by Crippen LogP contribution is -2.20. The average molecular weight is 277 g/mol. The van der Waals surface area contributed by atoms with Crippen LogP contribution in [0.3, 0.4) is 0 Å². The first kappa shape index (κ1) is 14.0. The molecule has 0 aliphatic carbocycles. The van der Waals surface area contributed by atoms with E-state index in [0.717, 1.165) is 0 Å². The maximum atomic E-state index is 11.3. The van der Waals surface area contributed by atoms with E-state index in [4.69, 9.17) is 16.7 Å². The number of alkyl halides is 1. The average Bonchev–Trinajstić information content (AvgIpc) is 2.18. The second kappa shape index (κ2) is 5.48. The Morgan fingerprint density at radius 2 is 1.94 bits per heavy atom. The van der Waals surface area contributed by atoms with Crippen LogP contribution in [0.15, 0.2) is 24.3 Å². The summed E-state index contributed by atoms with van der Waals surface area (Å²) in [4.78, 5) is 11.3. The van der Waals surface area contributed by atoms with Crippen molar-refractivity contribution in [3.05, 3.63) is 29.8 Å². The standard InChI is InChI=1S/C10H13ClN2O3S/c1-7(11)10(14)13-9-4-2-8(3-5-9)6-17(12,15)16/h2-5,7H,6H2,1H3,(H,13,14)(H2,12,15,16). The lowest BCUT2D eigenvalue weighted by Gasteiger charge is -2.07. The normalized spacial score (nSPS) is 13.1. The van der Waals surface area contributed by atoms with Gasteiger partial charge < -0.3 is 5.32 Å². The highest BCUT2D eigenvalue weighted by atomic mass is 35.5. The molecular formula is C10H13ClN2O3S. The van der Waals surface area contributed by atoms with Crippen LogP contribution < -0.4 is 10.5 Å². The summed E-state index contributed by atoms with van der Waals surface area (Å²) in [6.07, 6.45) is 0. The van der Waals surface area contributed by atoms with Crippen molar-refractivity contribution in [2.24, 2.45) is 5.14 Å². The summed E-state index contributed by atoms with van der Waals surface area (Å²) in [6.45, 7) is 1.56. The van der Waals surface area contributed by atoms with E-state index >= 15 is 0 Å². The molecule has 17 heavy (non-hydrogen) atoms. The van der Waals surface area contributed by atoms with E-state index < -0.39 is 15.4 Å². The molecule has 94 valence electrons. The third-order valence-electron chi connectivity index (χ3n) is 1.95. The molecule has 0 aliphatic rings. The topological polar surface area (TPSA) is 89.3 Å². The smallest absolute Gasteiger partial charge is 0.242 e. The zero-order valence-electron chi connectivity index (χ0n) is 9.18. The summed E-state index contributed by atoms with van der Waals surface area (Å²) in [5, 5.41) is 6.87. The second-order valence-corrected chi connectivity index (χ2v) is 5.88. The molecule has 0 spiro atoms. The molecule has 1 rings (SSSR count). The van der Waals surface area contributed by atoms with Gasteiger partial charge in [0.05, 0.1) is 5.75 Å². The molecule has 7 heteroatoms. The van der Waals surface area contributed by atoms with E-state index in [1.54, 1.807) is 31.2 Å². The molecule has 0 heterocycles. The number of carbonyl (C=O) groups excluding carboxylic acids is 1. The van der Waals surface area contributed by atoms with Crippen LogP contribution in [0.2, 0.25) is 0 Å². The Hall–Kier alpha value is -1.11. The minimum atomic E-state index is -3.53. The molecule has 1 aromatic carbocycles. The number of rotatable bonds is 4. The van der Waals surface area contributed by atoms with Crippen LogP contribution in [0.5, 0.6) is 0 Å². The number of hydrogen-bond donors (Lipinski definition) is 2. The van der Waals surface area contributed by atoms with Crippen LogP contribution in [0, 0.1) is 0 Å². The summed E-state index contributed by atoms with van der Waals surface area (Å²) in [6, 6.07) is 6.35. The molecule has 1 aromatic rings. The molecule has 0 aromatic heterocycles. The molecule has 3 N–H and O–H groups in total. The molecule has 5 nitrogen and oxygen atoms in total. The van der Waals surface area contributed by atoms with Gasteiger partial charge in [-0.15, -0.1) is 11.6 Å². The zero-order valence-corrected chi connectivity index (χ0v) is 10.8. The SMILES string of the molecule is CC(Cl)C(=O)Nc1ccc(CS(N)(=O)=O)cc1. The fourth-order valence-corrected chi connectivity index (χ4v) is 1.87. The molecule has 1 atom stereocenters. The molecular weight excluding hydrogens is 264 g/mol. The van der Waals surface area contributed by atoms with Crippen LogP contribution in [-0.4, -0.2) is 19.7 Å². The molecule has 0 fully saturated rings. The van der Waals surface area contributed by atoms with Gasteiger partial charge in [0.2, 0.25) is 15.9 Å². The number of anilines is 1. The summed E-state index contributed by atoms with van der Waals surface area (Å²) in [5.74, 6) is -0.543. The maximum Gasteiger partial charge on any atom is 0.242 e. The Morgan fingerprint density at radius 1 is 1.41 bits per heavy atom. The number of carbonyl (C=O) groups is 1. The summed E-state index contributed by atoms with van der Waals surface area (Å²) in [7, 11) is -3.53. The van der Waals surface area contributed by atoms with Crippen LogP contribution in [0.4, 0.5) is 5.69 Å². The van der Waals surface area contributed by atoms with Gasteiger partial charge in [0.15, 0.2) is 0 Å². The second-order valence-electron chi connectivity index (χ2n) is 3.61. The van der Waals surface area contributed by atoms with Crippen LogP contribution in [0.25, 0.3) is 0 Å². The van der Waals surface area contributed by atoms with Gasteiger partial charge in [0.25, 0.3) is 0 Å². The van der Waals surface area contributed by atoms with Crippen molar-refractivity contribution in [1.29, 1.82) is 0 Å². The number of sulfonamides is 1. The first-order valence-electron chi connectivity index (χ1n) is 4.82. The Morgan fingerprint density at radius 3 is 2.35 bits per heavy atom. The van der Waals surface area contributed by atoms with E-state index in [1.165, 1.54) is 0 Å². The van der Waals surface area contributed by atoms with Crippen LogP contribution in [-0.2, 0) is 20.6 Å². The van der Waals surface area contributed by atoms with E-state index in [-0.39, 0.29) is 11.7 Å². The van der Waals surface area contributed by atoms with Crippen molar-refractivity contribution in [2.45, 2.75) is 18.1 Å². The van der Waals surface area contributed by atoms with E-state index in [9.17, 15) is 13.2 Å². The maximum absolute atomic E-state index is 11.3. The van der Waals surface area contributed by atoms with Crippen molar-refractivity contribution in [1.82, 2.24) is 0 Å². The van der Waals surface area contributed by atoms with Crippen LogP contribution in [0.1, 0.15) is 12.5 Å². The quantitative estimate of drug-likeness (QED) is 0.805. The molecule has 0 aliphatic heterocycles. The first-order valence-corrected chi connectivity index (χ1v) is 6.97. The summed E-state index contributed by atoms with van der Waals surface area (Å²) in [5.41, 5.74) is 1.12. The van der Waals surface area contributed by atoms with Gasteiger partial charge in [-0.05, 0) is 24.6 Å². The fourth-order valence-electron chi connectivity index (χ4n) is 1.16. The van der Waals surface area contributed by atoms with Gasteiger partial charge in [0.1, 0.15) is 5.38 Å². The molecule has 1 unspecified atom stereocenters. The van der Waals surface area contributed by atoms with Gasteiger partial charge in [-0.2, -0.15) is 0 Å². The van der Waals surface area contributed by atoms with Gasteiger partial charge in [0, 0.05) is 5.69 Å². The van der Waals surface area contributed by atoms with Crippen molar-refractivity contribution >= 4 is 33.2 Å². The third-order valence-corrected chi connectivity index (χ3v) is 2.88. The van der Waals surface area contributed by atoms with Crippen molar-refractivity contribution < 1.29 is 13.2 Å². The van der Waals surface area contributed by atoms with Gasteiger partial charge in [-0.3, -0.25) is 4.79 Å². The number of hydrogen-bond acceptors (Lipinski definition) is 3. The minimum absolute atomic E-state index is 0.229. The largest absolute Gasteiger partial charge is 0.325 e. The van der Waals surface area contributed by atoms with Crippen molar-refractivity contribution in [3.8, 4) is 0 Å². The monoisotopic (exact) mass is 276 g/mol. The van der Waals surface area contributed by atoms with Gasteiger partial charge in [-0.25, -0.2) is 13.6 Å². The lowest BCUT2D eigenvalue weighted by atomic mass is 10.2. The fraction of sp³-hybridized carbons (Fsp3) is 0.300. The molecule has 1 amide bonds. The molecule has 0 saturated heterocycles. The Bertz CT molecular complexity index is 497. The first-order chi connectivity index (χ1) is 7.78. The summed E-state index contributed by atoms with van der Waals surface area (Å²) >= 11 is 5.59. The molecule has 0 radical (unpaired) electrons. The zero-order chi connectivity index (χ0) is 13.1. The van der Waals surface area contributed by atoms with E-state index in [1.807, 2.05) is 0 Å². The number of primary sulfonamides is 1. The third kappa shape index (κ3) is 5.16. The van der Waals surface area contributed by atoms with Crippen LogP contribution >= 0.6 is 11.6 Å². The Labute approximate surface area is 105 Å². The Balaban J connectivity index is 2.72. The molecule has 0 saturated carbocycles. The Kier molecular flexibility index (Phi) is 4.50. The number of nitrogens with one attached hydrogen (secondary N) is 1. The summed E-state index contributed by atoms with van der Waals surface area (Å²) < 4.78 is 21.7. The predicted molar refractivity (Wildman–Crippen MR) is 67.2 cm³/mol. The number of nitrogens with two attached hydrogens (primary N) is 1. The number of amides is 1. The van der Waals surface area contributed by atoms with E-state index in [2.05, 4.69) is 5.32 Å². The van der Waals surface area contributed by atoms with Crippen molar-refractivity contribution in [3.63, 3.8) is 0 Å². The van der Waals surface area contributed by atoms with Gasteiger partial charge in [-0.1, -0.05) is 12.1 Å². The minimum Gasteiger partial charge on any atom is -0.325 e. The highest BCUT2D eigenvalue weighted by Crippen LogP contribution is 2.12.